The number of guanidine groups is 1. The minimum Gasteiger partial charge on any atom is -0.497 e. The minimum absolute atomic E-state index is 0. The summed E-state index contributed by atoms with van der Waals surface area (Å²) in [4.78, 5) is 4.48. The van der Waals surface area contributed by atoms with E-state index in [4.69, 9.17) is 22.1 Å². The number of methoxy groups -OCH3 is 1. The van der Waals surface area contributed by atoms with Crippen molar-refractivity contribution in [3.63, 3.8) is 0 Å². The van der Waals surface area contributed by atoms with Gasteiger partial charge in [-0.25, -0.2) is 9.38 Å². The number of nitrogens with zero attached hydrogens (tertiary/aromatic N) is 1. The Morgan fingerprint density at radius 2 is 2.04 bits per heavy atom. The largest absolute Gasteiger partial charge is 0.497 e. The van der Waals surface area contributed by atoms with Crippen molar-refractivity contribution in [2.45, 2.75) is 24.8 Å². The van der Waals surface area contributed by atoms with Crippen molar-refractivity contribution in [2.24, 2.45) is 10.7 Å². The molecule has 0 atom stereocenters. The third-order valence-corrected chi connectivity index (χ3v) is 4.48. The Morgan fingerprint density at radius 3 is 2.72 bits per heavy atom. The first-order valence-electron chi connectivity index (χ1n) is 7.74. The molecule has 2 aromatic carbocycles. The maximum atomic E-state index is 13.2. The second kappa shape index (κ2) is 8.71. The predicted molar refractivity (Wildman–Crippen MR) is 111 cm³/mol. The zero-order valence-corrected chi connectivity index (χ0v) is 16.8. The molecule has 0 bridgehead atoms. The van der Waals surface area contributed by atoms with E-state index in [1.54, 1.807) is 19.2 Å². The van der Waals surface area contributed by atoms with Gasteiger partial charge in [-0.2, -0.15) is 0 Å². The number of benzene rings is 2. The van der Waals surface area contributed by atoms with Gasteiger partial charge in [0.05, 0.1) is 18.2 Å². The van der Waals surface area contributed by atoms with Crippen LogP contribution in [0.3, 0.4) is 0 Å². The normalized spacial score (nSPS) is 19.6. The van der Waals surface area contributed by atoms with Crippen LogP contribution in [0.15, 0.2) is 47.5 Å². The zero-order chi connectivity index (χ0) is 17.1. The minimum atomic E-state index is -0.388. The van der Waals surface area contributed by atoms with Crippen molar-refractivity contribution < 1.29 is 9.13 Å². The average Bonchev–Trinajstić information content (AvgIpc) is 2.53. The van der Waals surface area contributed by atoms with Gasteiger partial charge in [-0.1, -0.05) is 23.7 Å². The van der Waals surface area contributed by atoms with E-state index in [-0.39, 0.29) is 40.9 Å². The topological polar surface area (TPSA) is 59.6 Å². The molecule has 3 rings (SSSR count). The summed E-state index contributed by atoms with van der Waals surface area (Å²) < 4.78 is 18.4. The van der Waals surface area contributed by atoms with Crippen LogP contribution in [0.2, 0.25) is 5.02 Å². The number of hydrogen-bond acceptors (Lipinski definition) is 2. The summed E-state index contributed by atoms with van der Waals surface area (Å²) in [7, 11) is 1.62. The van der Waals surface area contributed by atoms with Gasteiger partial charge in [0.1, 0.15) is 11.6 Å². The molecule has 1 aliphatic carbocycles. The van der Waals surface area contributed by atoms with Crippen molar-refractivity contribution in [1.29, 1.82) is 0 Å². The SMILES string of the molecule is COc1cccc(NC(N)=NC2CC(c3ccc(F)c(Cl)c3)C2)c1.I. The van der Waals surface area contributed by atoms with Gasteiger partial charge in [0, 0.05) is 11.8 Å². The molecule has 7 heteroatoms. The summed E-state index contributed by atoms with van der Waals surface area (Å²) in [5.74, 6) is 1.09. The van der Waals surface area contributed by atoms with Gasteiger partial charge in [-0.3, -0.25) is 0 Å². The molecule has 0 aliphatic heterocycles. The van der Waals surface area contributed by atoms with Crippen LogP contribution in [0.4, 0.5) is 10.1 Å². The highest BCUT2D eigenvalue weighted by atomic mass is 127. The molecule has 0 radical (unpaired) electrons. The van der Waals surface area contributed by atoms with E-state index < -0.39 is 0 Å². The number of nitrogens with one attached hydrogen (secondary N) is 1. The second-order valence-electron chi connectivity index (χ2n) is 5.87. The number of hydrogen-bond donors (Lipinski definition) is 2. The van der Waals surface area contributed by atoms with Crippen LogP contribution in [0, 0.1) is 5.82 Å². The lowest BCUT2D eigenvalue weighted by Gasteiger charge is -2.33. The van der Waals surface area contributed by atoms with E-state index in [9.17, 15) is 4.39 Å². The maximum absolute atomic E-state index is 13.2. The summed E-state index contributed by atoms with van der Waals surface area (Å²) in [5, 5.41) is 3.23. The van der Waals surface area contributed by atoms with Crippen LogP contribution in [0.1, 0.15) is 24.3 Å². The van der Waals surface area contributed by atoms with Gasteiger partial charge in [0.15, 0.2) is 5.96 Å². The quantitative estimate of drug-likeness (QED) is 0.380. The van der Waals surface area contributed by atoms with Crippen molar-refractivity contribution in [1.82, 2.24) is 0 Å². The molecular formula is C18H20ClFIN3O. The van der Waals surface area contributed by atoms with Crippen LogP contribution < -0.4 is 15.8 Å². The molecule has 0 amide bonds. The molecule has 2 aromatic rings. The molecule has 1 aliphatic rings. The van der Waals surface area contributed by atoms with Crippen molar-refractivity contribution >= 4 is 47.2 Å². The molecule has 1 saturated carbocycles. The van der Waals surface area contributed by atoms with Gasteiger partial charge >= 0.3 is 0 Å². The van der Waals surface area contributed by atoms with E-state index in [0.29, 0.717) is 11.9 Å². The first-order valence-corrected chi connectivity index (χ1v) is 8.12. The zero-order valence-electron chi connectivity index (χ0n) is 13.7. The van der Waals surface area contributed by atoms with Gasteiger partial charge < -0.3 is 15.8 Å². The Bertz CT molecular complexity index is 766. The Morgan fingerprint density at radius 1 is 1.28 bits per heavy atom. The number of aliphatic imine (C=N–C) groups is 1. The van der Waals surface area contributed by atoms with Crippen LogP contribution in [0.25, 0.3) is 0 Å². The Labute approximate surface area is 168 Å². The van der Waals surface area contributed by atoms with Crippen LogP contribution in [0.5, 0.6) is 5.75 Å². The molecule has 134 valence electrons. The monoisotopic (exact) mass is 475 g/mol. The summed E-state index contributed by atoms with van der Waals surface area (Å²) in [6.07, 6.45) is 1.75. The predicted octanol–water partition coefficient (Wildman–Crippen LogP) is 4.78. The molecule has 4 nitrogen and oxygen atoms in total. The Balaban J connectivity index is 0.00000225. The fourth-order valence-electron chi connectivity index (χ4n) is 2.81. The maximum Gasteiger partial charge on any atom is 0.193 e. The molecule has 25 heavy (non-hydrogen) atoms. The molecule has 0 aromatic heterocycles. The van der Waals surface area contributed by atoms with Crippen molar-refractivity contribution in [3.05, 3.63) is 58.9 Å². The van der Waals surface area contributed by atoms with E-state index in [1.807, 2.05) is 24.3 Å². The fourth-order valence-corrected chi connectivity index (χ4v) is 3.00. The lowest BCUT2D eigenvalue weighted by atomic mass is 9.76. The van der Waals surface area contributed by atoms with Crippen molar-refractivity contribution in [2.75, 3.05) is 12.4 Å². The smallest absolute Gasteiger partial charge is 0.193 e. The fraction of sp³-hybridized carbons (Fsp3) is 0.278. The van der Waals surface area contributed by atoms with E-state index in [1.165, 1.54) is 6.07 Å². The van der Waals surface area contributed by atoms with E-state index in [0.717, 1.165) is 29.8 Å². The van der Waals surface area contributed by atoms with Gasteiger partial charge in [0.2, 0.25) is 0 Å². The van der Waals surface area contributed by atoms with E-state index >= 15 is 0 Å². The van der Waals surface area contributed by atoms with Crippen LogP contribution in [-0.4, -0.2) is 19.1 Å². The summed E-state index contributed by atoms with van der Waals surface area (Å²) >= 11 is 5.83. The highest BCUT2D eigenvalue weighted by Crippen LogP contribution is 2.39. The molecule has 0 spiro atoms. The molecule has 1 fully saturated rings. The first-order chi connectivity index (χ1) is 11.5. The standard InChI is InChI=1S/C18H19ClFN3O.HI/c1-24-15-4-2-3-13(10-15)22-18(21)23-14-7-12(8-14)11-5-6-17(20)16(19)9-11;/h2-6,9-10,12,14H,7-8H2,1H3,(H3,21,22,23);1H. The number of ether oxygens (including phenoxy) is 1. The highest BCUT2D eigenvalue weighted by molar-refractivity contribution is 14.0. The van der Waals surface area contributed by atoms with Gasteiger partial charge in [0.25, 0.3) is 0 Å². The number of halogens is 3. The number of anilines is 1. The number of nitrogens with two attached hydrogens (primary N) is 1. The molecule has 3 N–H and O–H groups in total. The lowest BCUT2D eigenvalue weighted by molar-refractivity contribution is 0.353. The molecule has 0 saturated heterocycles. The first kappa shape index (κ1) is 19.8. The molecular weight excluding hydrogens is 456 g/mol. The Hall–Kier alpha value is -1.54. The van der Waals surface area contributed by atoms with Gasteiger partial charge in [-0.05, 0) is 48.6 Å². The lowest BCUT2D eigenvalue weighted by Crippen LogP contribution is -2.31. The van der Waals surface area contributed by atoms with Crippen molar-refractivity contribution in [3.8, 4) is 5.75 Å². The molecule has 0 heterocycles. The summed E-state index contributed by atoms with van der Waals surface area (Å²) in [5.41, 5.74) is 7.84. The number of rotatable bonds is 4. The molecule has 0 unspecified atom stereocenters. The van der Waals surface area contributed by atoms with E-state index in [2.05, 4.69) is 10.3 Å². The van der Waals surface area contributed by atoms with Gasteiger partial charge in [-0.15, -0.1) is 24.0 Å². The highest BCUT2D eigenvalue weighted by Gasteiger charge is 2.30. The average molecular weight is 476 g/mol. The second-order valence-corrected chi connectivity index (χ2v) is 6.27. The Kier molecular flexibility index (Phi) is 6.89. The summed E-state index contributed by atoms with van der Waals surface area (Å²) in [6, 6.07) is 12.5. The van der Waals surface area contributed by atoms with Crippen LogP contribution in [-0.2, 0) is 0 Å². The summed E-state index contributed by atoms with van der Waals surface area (Å²) in [6.45, 7) is 0. The third kappa shape index (κ3) is 4.98. The van der Waals surface area contributed by atoms with Crippen LogP contribution >= 0.6 is 35.6 Å². The third-order valence-electron chi connectivity index (χ3n) is 4.19.